The van der Waals surface area contributed by atoms with Crippen molar-refractivity contribution in [3.05, 3.63) is 0 Å². The lowest BCUT2D eigenvalue weighted by Gasteiger charge is -2.54. The molecule has 2 rings (SSSR count). The first-order valence-corrected chi connectivity index (χ1v) is 7.61. The Bertz CT molecular complexity index is 315. The highest BCUT2D eigenvalue weighted by Crippen LogP contribution is 2.45. The third-order valence-corrected chi connectivity index (χ3v) is 5.23. The molecule has 1 heterocycles. The molecule has 0 amide bonds. The average Bonchev–Trinajstić information content (AvgIpc) is 2.34. The van der Waals surface area contributed by atoms with Gasteiger partial charge < -0.3 is 19.9 Å². The standard InChI is InChI=1S/C15H27NO3/c1-3-13(14(17)18)15(19)11-7-5-4-6-8-12(15)10-16(2)9-11/h11-13,19H,3-10H2,1-2H3,(H,17,18)/p-1. The average molecular weight is 268 g/mol. The summed E-state index contributed by atoms with van der Waals surface area (Å²) >= 11 is 0. The highest BCUT2D eigenvalue weighted by Gasteiger charge is 2.52. The third kappa shape index (κ3) is 2.65. The van der Waals surface area contributed by atoms with Crippen LogP contribution in [0.5, 0.6) is 0 Å². The van der Waals surface area contributed by atoms with Crippen LogP contribution in [-0.4, -0.2) is 41.7 Å². The quantitative estimate of drug-likeness (QED) is 0.815. The summed E-state index contributed by atoms with van der Waals surface area (Å²) in [7, 11) is 2.07. The topological polar surface area (TPSA) is 63.6 Å². The maximum Gasteiger partial charge on any atom is 0.0807 e. The zero-order valence-electron chi connectivity index (χ0n) is 12.1. The molecule has 0 spiro atoms. The molecule has 0 radical (unpaired) electrons. The monoisotopic (exact) mass is 268 g/mol. The number of piperidine rings is 1. The fraction of sp³-hybridized carbons (Fsp3) is 0.933. The van der Waals surface area contributed by atoms with Crippen molar-refractivity contribution in [3.63, 3.8) is 0 Å². The number of carboxylic acids is 1. The number of rotatable bonds is 3. The van der Waals surface area contributed by atoms with Gasteiger partial charge in [0, 0.05) is 36.8 Å². The molecule has 3 atom stereocenters. The highest BCUT2D eigenvalue weighted by molar-refractivity contribution is 5.69. The molecule has 1 N–H and O–H groups in total. The predicted octanol–water partition coefficient (Wildman–Crippen LogP) is 0.635. The third-order valence-electron chi connectivity index (χ3n) is 5.23. The molecular weight excluding hydrogens is 242 g/mol. The summed E-state index contributed by atoms with van der Waals surface area (Å²) in [5.41, 5.74) is -1.07. The van der Waals surface area contributed by atoms with Crippen LogP contribution in [0.15, 0.2) is 0 Å². The van der Waals surface area contributed by atoms with Crippen LogP contribution >= 0.6 is 0 Å². The van der Waals surface area contributed by atoms with Gasteiger partial charge in [-0.15, -0.1) is 0 Å². The van der Waals surface area contributed by atoms with Gasteiger partial charge in [0.15, 0.2) is 0 Å². The van der Waals surface area contributed by atoms with Crippen LogP contribution in [0.2, 0.25) is 0 Å². The van der Waals surface area contributed by atoms with Gasteiger partial charge in [0.2, 0.25) is 0 Å². The Morgan fingerprint density at radius 3 is 2.26 bits per heavy atom. The van der Waals surface area contributed by atoms with Crippen molar-refractivity contribution in [1.82, 2.24) is 4.90 Å². The van der Waals surface area contributed by atoms with E-state index in [2.05, 4.69) is 11.9 Å². The Morgan fingerprint density at radius 2 is 1.84 bits per heavy atom. The number of hydrogen-bond acceptors (Lipinski definition) is 4. The van der Waals surface area contributed by atoms with Crippen molar-refractivity contribution in [2.75, 3.05) is 20.1 Å². The Labute approximate surface area is 115 Å². The van der Waals surface area contributed by atoms with Crippen molar-refractivity contribution in [1.29, 1.82) is 0 Å². The van der Waals surface area contributed by atoms with Gasteiger partial charge in [-0.2, -0.15) is 0 Å². The van der Waals surface area contributed by atoms with Gasteiger partial charge in [-0.25, -0.2) is 0 Å². The van der Waals surface area contributed by atoms with Gasteiger partial charge in [0.25, 0.3) is 0 Å². The molecule has 0 aromatic heterocycles. The number of hydrogen-bond donors (Lipinski definition) is 1. The first-order chi connectivity index (χ1) is 9.00. The summed E-state index contributed by atoms with van der Waals surface area (Å²) in [5.74, 6) is -1.67. The maximum atomic E-state index is 11.5. The molecular formula is C15H26NO3-. The summed E-state index contributed by atoms with van der Waals surface area (Å²) in [6.07, 6.45) is 5.71. The minimum Gasteiger partial charge on any atom is -0.550 e. The molecule has 0 aromatic carbocycles. The zero-order chi connectivity index (χ0) is 14.0. The molecule has 1 aliphatic carbocycles. The number of aliphatic carboxylic acids is 1. The first-order valence-electron chi connectivity index (χ1n) is 7.61. The van der Waals surface area contributed by atoms with Gasteiger partial charge in [-0.3, -0.25) is 0 Å². The van der Waals surface area contributed by atoms with Crippen LogP contribution in [-0.2, 0) is 4.79 Å². The molecule has 1 saturated heterocycles. The van der Waals surface area contributed by atoms with E-state index >= 15 is 0 Å². The maximum absolute atomic E-state index is 11.5. The number of likely N-dealkylation sites (tertiary alicyclic amines) is 1. The summed E-state index contributed by atoms with van der Waals surface area (Å²) < 4.78 is 0. The fourth-order valence-electron chi connectivity index (χ4n) is 4.31. The second-order valence-corrected chi connectivity index (χ2v) is 6.42. The predicted molar refractivity (Wildman–Crippen MR) is 71.3 cm³/mol. The van der Waals surface area contributed by atoms with Crippen LogP contribution in [0.1, 0.15) is 45.4 Å². The van der Waals surface area contributed by atoms with Crippen molar-refractivity contribution >= 4 is 5.97 Å². The molecule has 2 bridgehead atoms. The largest absolute Gasteiger partial charge is 0.550 e. The van der Waals surface area contributed by atoms with Crippen LogP contribution in [0.4, 0.5) is 0 Å². The Morgan fingerprint density at radius 1 is 1.32 bits per heavy atom. The Balaban J connectivity index is 2.34. The molecule has 0 aromatic rings. The highest BCUT2D eigenvalue weighted by atomic mass is 16.4. The lowest BCUT2D eigenvalue weighted by Crippen LogP contribution is -2.64. The van der Waals surface area contributed by atoms with Crippen LogP contribution in [0.25, 0.3) is 0 Å². The number of carbonyl (C=O) groups excluding carboxylic acids is 1. The van der Waals surface area contributed by atoms with Crippen molar-refractivity contribution < 1.29 is 15.0 Å². The minimum absolute atomic E-state index is 0.0689. The lowest BCUT2D eigenvalue weighted by atomic mass is 9.62. The molecule has 19 heavy (non-hydrogen) atoms. The molecule has 4 heteroatoms. The van der Waals surface area contributed by atoms with Crippen LogP contribution in [0.3, 0.4) is 0 Å². The lowest BCUT2D eigenvalue weighted by molar-refractivity contribution is -0.322. The van der Waals surface area contributed by atoms with Crippen molar-refractivity contribution in [3.8, 4) is 0 Å². The summed E-state index contributed by atoms with van der Waals surface area (Å²) in [5, 5.41) is 22.7. The Hall–Kier alpha value is -0.610. The molecule has 4 nitrogen and oxygen atoms in total. The number of aliphatic hydroxyl groups is 1. The smallest absolute Gasteiger partial charge is 0.0807 e. The van der Waals surface area contributed by atoms with Crippen molar-refractivity contribution in [2.45, 2.75) is 51.0 Å². The van der Waals surface area contributed by atoms with Crippen LogP contribution in [0, 0.1) is 17.8 Å². The number of nitrogens with zero attached hydrogens (tertiary/aromatic N) is 1. The van der Waals surface area contributed by atoms with E-state index in [0.29, 0.717) is 6.42 Å². The van der Waals surface area contributed by atoms with E-state index in [-0.39, 0.29) is 11.8 Å². The molecule has 2 aliphatic rings. The zero-order valence-corrected chi connectivity index (χ0v) is 12.1. The van der Waals surface area contributed by atoms with E-state index in [4.69, 9.17) is 0 Å². The number of fused-ring (bicyclic) bond motifs is 2. The normalized spacial score (nSPS) is 38.3. The van der Waals surface area contributed by atoms with Crippen LogP contribution < -0.4 is 5.11 Å². The van der Waals surface area contributed by atoms with E-state index in [0.717, 1.165) is 38.8 Å². The van der Waals surface area contributed by atoms with E-state index in [1.54, 1.807) is 0 Å². The SMILES string of the molecule is CCC(C(=O)[O-])C1(O)C2CCCCCC1CN(C)C2. The second kappa shape index (κ2) is 5.80. The molecule has 2 fully saturated rings. The Kier molecular flexibility index (Phi) is 4.51. The number of carbonyl (C=O) groups is 1. The first kappa shape index (κ1) is 14.8. The van der Waals surface area contributed by atoms with E-state index in [9.17, 15) is 15.0 Å². The molecule has 1 saturated carbocycles. The molecule has 1 aliphatic heterocycles. The van der Waals surface area contributed by atoms with E-state index in [1.165, 1.54) is 6.42 Å². The fourth-order valence-corrected chi connectivity index (χ4v) is 4.31. The minimum atomic E-state index is -1.08. The van der Waals surface area contributed by atoms with Gasteiger partial charge >= 0.3 is 0 Å². The van der Waals surface area contributed by atoms with Gasteiger partial charge in [0.05, 0.1) is 5.60 Å². The summed E-state index contributed by atoms with van der Waals surface area (Å²) in [6, 6.07) is 0. The summed E-state index contributed by atoms with van der Waals surface area (Å²) in [4.78, 5) is 13.7. The van der Waals surface area contributed by atoms with E-state index < -0.39 is 17.5 Å². The summed E-state index contributed by atoms with van der Waals surface area (Å²) in [6.45, 7) is 3.45. The van der Waals surface area contributed by atoms with Gasteiger partial charge in [-0.1, -0.05) is 26.2 Å². The number of carboxylic acid groups (broad SMARTS) is 1. The van der Waals surface area contributed by atoms with E-state index in [1.807, 2.05) is 6.92 Å². The van der Waals surface area contributed by atoms with Crippen molar-refractivity contribution in [2.24, 2.45) is 17.8 Å². The van der Waals surface area contributed by atoms with Gasteiger partial charge in [0.1, 0.15) is 0 Å². The molecule has 3 unspecified atom stereocenters. The molecule has 110 valence electrons. The van der Waals surface area contributed by atoms with Gasteiger partial charge in [-0.05, 0) is 26.3 Å². The second-order valence-electron chi connectivity index (χ2n) is 6.42.